The number of carbonyl (C=O) groups excluding carboxylic acids is 1. The minimum atomic E-state index is -0.422. The van der Waals surface area contributed by atoms with E-state index in [1.807, 2.05) is 0 Å². The first-order valence-electron chi connectivity index (χ1n) is 4.74. The van der Waals surface area contributed by atoms with Crippen molar-refractivity contribution in [2.75, 3.05) is 19.8 Å². The van der Waals surface area contributed by atoms with Crippen molar-refractivity contribution in [3.05, 3.63) is 0 Å². The van der Waals surface area contributed by atoms with Crippen LogP contribution in [-0.4, -0.2) is 31.0 Å². The van der Waals surface area contributed by atoms with E-state index in [-0.39, 0.29) is 13.2 Å². The minimum absolute atomic E-state index is 0.0744. The molecule has 0 heterocycles. The van der Waals surface area contributed by atoms with E-state index < -0.39 is 6.09 Å². The van der Waals surface area contributed by atoms with Crippen molar-refractivity contribution < 1.29 is 14.6 Å². The standard InChI is InChI=1S/C9H17NO3/c1-2-9(3-4-9)7-10-8(12)13-6-5-11/h11H,2-7H2,1H3,(H,10,12). The molecule has 13 heavy (non-hydrogen) atoms. The summed E-state index contributed by atoms with van der Waals surface area (Å²) < 4.78 is 4.66. The molecule has 1 aliphatic rings. The molecule has 2 N–H and O–H groups in total. The van der Waals surface area contributed by atoms with Crippen LogP contribution < -0.4 is 5.32 Å². The molecule has 1 aliphatic carbocycles. The van der Waals surface area contributed by atoms with E-state index >= 15 is 0 Å². The van der Waals surface area contributed by atoms with Crippen LogP contribution in [0.3, 0.4) is 0 Å². The highest BCUT2D eigenvalue weighted by molar-refractivity contribution is 5.67. The third-order valence-corrected chi connectivity index (χ3v) is 2.64. The summed E-state index contributed by atoms with van der Waals surface area (Å²) in [6.07, 6.45) is 3.08. The number of aliphatic hydroxyl groups is 1. The first kappa shape index (κ1) is 10.3. The van der Waals surface area contributed by atoms with Crippen LogP contribution in [0.4, 0.5) is 4.79 Å². The van der Waals surface area contributed by atoms with E-state index in [1.54, 1.807) is 0 Å². The highest BCUT2D eigenvalue weighted by Gasteiger charge is 2.40. The molecule has 4 heteroatoms. The fourth-order valence-electron chi connectivity index (χ4n) is 1.28. The van der Waals surface area contributed by atoms with E-state index in [0.717, 1.165) is 6.42 Å². The summed E-state index contributed by atoms with van der Waals surface area (Å²) in [5, 5.41) is 11.1. The van der Waals surface area contributed by atoms with Crippen LogP contribution in [0.5, 0.6) is 0 Å². The zero-order valence-corrected chi connectivity index (χ0v) is 8.01. The van der Waals surface area contributed by atoms with Crippen LogP contribution in [0.25, 0.3) is 0 Å². The Kier molecular flexibility index (Phi) is 3.54. The monoisotopic (exact) mass is 187 g/mol. The molecule has 0 aliphatic heterocycles. The van der Waals surface area contributed by atoms with Gasteiger partial charge in [-0.25, -0.2) is 4.79 Å². The van der Waals surface area contributed by atoms with E-state index in [9.17, 15) is 4.79 Å². The number of hydrogen-bond acceptors (Lipinski definition) is 3. The van der Waals surface area contributed by atoms with Crippen molar-refractivity contribution in [2.24, 2.45) is 5.41 Å². The number of alkyl carbamates (subject to hydrolysis) is 1. The van der Waals surface area contributed by atoms with Crippen LogP contribution in [-0.2, 0) is 4.74 Å². The lowest BCUT2D eigenvalue weighted by molar-refractivity contribution is 0.117. The zero-order chi connectivity index (χ0) is 9.73. The van der Waals surface area contributed by atoms with Gasteiger partial charge in [0.2, 0.25) is 0 Å². The van der Waals surface area contributed by atoms with Gasteiger partial charge in [0.25, 0.3) is 0 Å². The fraction of sp³-hybridized carbons (Fsp3) is 0.889. The van der Waals surface area contributed by atoms with Gasteiger partial charge in [-0.1, -0.05) is 6.92 Å². The molecular weight excluding hydrogens is 170 g/mol. The second-order valence-corrected chi connectivity index (χ2v) is 3.57. The number of carbonyl (C=O) groups is 1. The molecule has 0 aromatic heterocycles. The molecule has 1 saturated carbocycles. The summed E-state index contributed by atoms with van der Waals surface area (Å²) in [5.74, 6) is 0. The third-order valence-electron chi connectivity index (χ3n) is 2.64. The van der Waals surface area contributed by atoms with Crippen molar-refractivity contribution in [3.8, 4) is 0 Å². The number of hydrogen-bond donors (Lipinski definition) is 2. The third kappa shape index (κ3) is 3.22. The van der Waals surface area contributed by atoms with Gasteiger partial charge in [-0.05, 0) is 24.7 Å². The largest absolute Gasteiger partial charge is 0.447 e. The quantitative estimate of drug-likeness (QED) is 0.672. The number of aliphatic hydroxyl groups excluding tert-OH is 1. The average molecular weight is 187 g/mol. The fourth-order valence-corrected chi connectivity index (χ4v) is 1.28. The molecule has 1 rings (SSSR count). The van der Waals surface area contributed by atoms with Gasteiger partial charge in [-0.15, -0.1) is 0 Å². The molecule has 1 amide bonds. The Labute approximate surface area is 78.3 Å². The van der Waals surface area contributed by atoms with Gasteiger partial charge in [0.05, 0.1) is 6.61 Å². The van der Waals surface area contributed by atoms with Gasteiger partial charge in [0.15, 0.2) is 0 Å². The molecule has 0 aromatic rings. The molecule has 0 bridgehead atoms. The second-order valence-electron chi connectivity index (χ2n) is 3.57. The highest BCUT2D eigenvalue weighted by atomic mass is 16.6. The van der Waals surface area contributed by atoms with Gasteiger partial charge in [0, 0.05) is 6.54 Å². The number of amides is 1. The van der Waals surface area contributed by atoms with Crippen LogP contribution in [0.1, 0.15) is 26.2 Å². The van der Waals surface area contributed by atoms with Gasteiger partial charge >= 0.3 is 6.09 Å². The molecular formula is C9H17NO3. The van der Waals surface area contributed by atoms with E-state index in [1.165, 1.54) is 12.8 Å². The Morgan fingerprint density at radius 3 is 2.77 bits per heavy atom. The summed E-state index contributed by atoms with van der Waals surface area (Å²) >= 11 is 0. The van der Waals surface area contributed by atoms with E-state index in [4.69, 9.17) is 5.11 Å². The summed E-state index contributed by atoms with van der Waals surface area (Å²) in [5.41, 5.74) is 0.345. The average Bonchev–Trinajstić information content (AvgIpc) is 2.92. The molecule has 1 fully saturated rings. The van der Waals surface area contributed by atoms with Gasteiger partial charge < -0.3 is 15.2 Å². The topological polar surface area (TPSA) is 58.6 Å². The first-order chi connectivity index (χ1) is 6.22. The number of ether oxygens (including phenoxy) is 1. The Balaban J connectivity index is 2.08. The Morgan fingerprint density at radius 2 is 2.31 bits per heavy atom. The van der Waals surface area contributed by atoms with Crippen molar-refractivity contribution in [3.63, 3.8) is 0 Å². The first-order valence-corrected chi connectivity index (χ1v) is 4.74. The highest BCUT2D eigenvalue weighted by Crippen LogP contribution is 2.47. The van der Waals surface area contributed by atoms with E-state index in [2.05, 4.69) is 17.0 Å². The number of nitrogens with one attached hydrogen (secondary N) is 1. The summed E-state index contributed by atoms with van der Waals surface area (Å²) in [6, 6.07) is 0. The normalized spacial score (nSPS) is 18.0. The molecule has 76 valence electrons. The van der Waals surface area contributed by atoms with Crippen molar-refractivity contribution in [1.29, 1.82) is 0 Å². The molecule has 0 radical (unpaired) electrons. The maximum Gasteiger partial charge on any atom is 0.407 e. The van der Waals surface area contributed by atoms with Crippen molar-refractivity contribution >= 4 is 6.09 Å². The maximum absolute atomic E-state index is 10.9. The SMILES string of the molecule is CCC1(CNC(=O)OCCO)CC1. The molecule has 0 atom stereocenters. The predicted octanol–water partition coefficient (Wildman–Crippen LogP) is 0.895. The van der Waals surface area contributed by atoms with Crippen LogP contribution >= 0.6 is 0 Å². The smallest absolute Gasteiger partial charge is 0.407 e. The predicted molar refractivity (Wildman–Crippen MR) is 48.4 cm³/mol. The van der Waals surface area contributed by atoms with Gasteiger partial charge in [0.1, 0.15) is 6.61 Å². The molecule has 0 aromatic carbocycles. The molecule has 0 saturated heterocycles. The van der Waals surface area contributed by atoms with E-state index in [0.29, 0.717) is 12.0 Å². The van der Waals surface area contributed by atoms with Crippen molar-refractivity contribution in [1.82, 2.24) is 5.32 Å². The minimum Gasteiger partial charge on any atom is -0.447 e. The summed E-state index contributed by atoms with van der Waals surface area (Å²) in [6.45, 7) is 2.79. The van der Waals surface area contributed by atoms with Gasteiger partial charge in [-0.3, -0.25) is 0 Å². The Morgan fingerprint density at radius 1 is 1.62 bits per heavy atom. The molecule has 0 spiro atoms. The lowest BCUT2D eigenvalue weighted by Gasteiger charge is -2.12. The molecule has 4 nitrogen and oxygen atoms in total. The second kappa shape index (κ2) is 4.46. The Hall–Kier alpha value is -0.770. The summed E-state index contributed by atoms with van der Waals surface area (Å²) in [4.78, 5) is 10.9. The van der Waals surface area contributed by atoms with Crippen LogP contribution in [0.15, 0.2) is 0 Å². The van der Waals surface area contributed by atoms with Gasteiger partial charge in [-0.2, -0.15) is 0 Å². The van der Waals surface area contributed by atoms with Crippen LogP contribution in [0, 0.1) is 5.41 Å². The number of rotatable bonds is 5. The molecule has 0 unspecified atom stereocenters. The maximum atomic E-state index is 10.9. The lowest BCUT2D eigenvalue weighted by atomic mass is 10.0. The van der Waals surface area contributed by atoms with Crippen LogP contribution in [0.2, 0.25) is 0 Å². The zero-order valence-electron chi connectivity index (χ0n) is 8.01. The lowest BCUT2D eigenvalue weighted by Crippen LogP contribution is -2.31. The Bertz CT molecular complexity index is 178. The van der Waals surface area contributed by atoms with Crippen molar-refractivity contribution in [2.45, 2.75) is 26.2 Å². The summed E-state index contributed by atoms with van der Waals surface area (Å²) in [7, 11) is 0.